The van der Waals surface area contributed by atoms with E-state index in [0.29, 0.717) is 0 Å². The van der Waals surface area contributed by atoms with E-state index in [4.69, 9.17) is 13.3 Å². The van der Waals surface area contributed by atoms with Gasteiger partial charge in [0.1, 0.15) is 0 Å². The van der Waals surface area contributed by atoms with Gasteiger partial charge in [0.15, 0.2) is 0 Å². The summed E-state index contributed by atoms with van der Waals surface area (Å²) in [6.07, 6.45) is 0.988. The molecule has 0 atom stereocenters. The molecule has 0 aromatic heterocycles. The standard InChI is InChI=1S/C6H17NO3Si/c1-8-11(9-2,10-3)6-4-5-7/h4-7H2,1-3H3/p+1. The molecule has 3 N–H and O–H groups in total. The third kappa shape index (κ3) is 3.30. The van der Waals surface area contributed by atoms with Gasteiger partial charge in [-0.1, -0.05) is 0 Å². The second kappa shape index (κ2) is 5.67. The van der Waals surface area contributed by atoms with Crippen molar-refractivity contribution in [2.24, 2.45) is 0 Å². The van der Waals surface area contributed by atoms with Crippen LogP contribution in [0.3, 0.4) is 0 Å². The number of rotatable bonds is 6. The maximum Gasteiger partial charge on any atom is 0.500 e. The molecule has 0 fully saturated rings. The highest BCUT2D eigenvalue weighted by molar-refractivity contribution is 6.60. The van der Waals surface area contributed by atoms with E-state index in [2.05, 4.69) is 5.73 Å². The SMILES string of the molecule is CO[Si](CCC[NH3+])(OC)OC. The van der Waals surface area contributed by atoms with Gasteiger partial charge in [0.25, 0.3) is 0 Å². The molecule has 0 aliphatic carbocycles. The Labute approximate surface area is 69.0 Å². The van der Waals surface area contributed by atoms with Crippen molar-refractivity contribution in [1.82, 2.24) is 0 Å². The number of hydrogen-bond acceptors (Lipinski definition) is 3. The minimum absolute atomic E-state index is 0.847. The second-order valence-electron chi connectivity index (χ2n) is 2.25. The van der Waals surface area contributed by atoms with Crippen LogP contribution in [0.5, 0.6) is 0 Å². The molecule has 0 aromatic carbocycles. The highest BCUT2D eigenvalue weighted by Gasteiger charge is 2.36. The Morgan fingerprint density at radius 2 is 1.55 bits per heavy atom. The van der Waals surface area contributed by atoms with E-state index in [1.165, 1.54) is 0 Å². The highest BCUT2D eigenvalue weighted by Crippen LogP contribution is 2.13. The Hall–Kier alpha value is 0.0569. The molecular weight excluding hydrogens is 162 g/mol. The predicted molar refractivity (Wildman–Crippen MR) is 44.0 cm³/mol. The monoisotopic (exact) mass is 180 g/mol. The summed E-state index contributed by atoms with van der Waals surface area (Å²) in [6.45, 7) is 0.894. The Morgan fingerprint density at radius 3 is 1.82 bits per heavy atom. The maximum atomic E-state index is 5.20. The van der Waals surface area contributed by atoms with Gasteiger partial charge in [-0.2, -0.15) is 0 Å². The first-order valence-corrected chi connectivity index (χ1v) is 5.62. The molecule has 0 spiro atoms. The molecule has 0 rings (SSSR count). The van der Waals surface area contributed by atoms with Crippen LogP contribution in [0.1, 0.15) is 6.42 Å². The maximum absolute atomic E-state index is 5.20. The topological polar surface area (TPSA) is 55.3 Å². The molecule has 4 nitrogen and oxygen atoms in total. The van der Waals surface area contributed by atoms with Crippen molar-refractivity contribution in [2.75, 3.05) is 27.9 Å². The smallest absolute Gasteiger partial charge is 0.377 e. The van der Waals surface area contributed by atoms with Gasteiger partial charge in [0.2, 0.25) is 0 Å². The Bertz CT molecular complexity index is 89.6. The Morgan fingerprint density at radius 1 is 1.09 bits per heavy atom. The zero-order valence-electron chi connectivity index (χ0n) is 7.55. The quantitative estimate of drug-likeness (QED) is 0.560. The fraction of sp³-hybridized carbons (Fsp3) is 1.00. The average molecular weight is 180 g/mol. The first-order valence-electron chi connectivity index (χ1n) is 3.69. The normalized spacial score (nSPS) is 12.0. The summed E-state index contributed by atoms with van der Waals surface area (Å²) in [5.41, 5.74) is 3.75. The average Bonchev–Trinajstić information content (AvgIpc) is 2.08. The minimum atomic E-state index is -2.28. The summed E-state index contributed by atoms with van der Waals surface area (Å²) < 4.78 is 15.6. The van der Waals surface area contributed by atoms with Crippen molar-refractivity contribution >= 4 is 8.80 Å². The fourth-order valence-corrected chi connectivity index (χ4v) is 2.69. The number of quaternary nitrogens is 1. The van der Waals surface area contributed by atoms with Gasteiger partial charge < -0.3 is 19.0 Å². The lowest BCUT2D eigenvalue weighted by molar-refractivity contribution is -0.367. The molecule has 0 radical (unpaired) electrons. The molecule has 0 saturated heterocycles. The molecule has 0 amide bonds. The van der Waals surface area contributed by atoms with E-state index < -0.39 is 8.80 Å². The summed E-state index contributed by atoms with van der Waals surface area (Å²) in [5, 5.41) is 0. The van der Waals surface area contributed by atoms with Crippen molar-refractivity contribution in [3.63, 3.8) is 0 Å². The zero-order valence-corrected chi connectivity index (χ0v) is 8.55. The molecular formula is C6H18NO3Si+. The van der Waals surface area contributed by atoms with Gasteiger partial charge in [-0.15, -0.1) is 0 Å². The molecule has 0 heterocycles. The largest absolute Gasteiger partial charge is 0.500 e. The lowest BCUT2D eigenvalue weighted by atomic mass is 10.5. The van der Waals surface area contributed by atoms with Crippen LogP contribution < -0.4 is 5.73 Å². The van der Waals surface area contributed by atoms with Crippen LogP contribution in [0.4, 0.5) is 0 Å². The minimum Gasteiger partial charge on any atom is -0.377 e. The molecule has 11 heavy (non-hydrogen) atoms. The summed E-state index contributed by atoms with van der Waals surface area (Å²) in [5.74, 6) is 0. The van der Waals surface area contributed by atoms with E-state index >= 15 is 0 Å². The first-order chi connectivity index (χ1) is 5.24. The van der Waals surface area contributed by atoms with Gasteiger partial charge >= 0.3 is 8.80 Å². The van der Waals surface area contributed by atoms with Crippen molar-refractivity contribution in [1.29, 1.82) is 0 Å². The van der Waals surface area contributed by atoms with Crippen molar-refractivity contribution < 1.29 is 19.0 Å². The van der Waals surface area contributed by atoms with Crippen LogP contribution >= 0.6 is 0 Å². The Balaban J connectivity index is 3.84. The first kappa shape index (κ1) is 11.1. The van der Waals surface area contributed by atoms with Crippen LogP contribution in [-0.2, 0) is 13.3 Å². The van der Waals surface area contributed by atoms with E-state index in [9.17, 15) is 0 Å². The number of hydrogen-bond donors (Lipinski definition) is 1. The van der Waals surface area contributed by atoms with Crippen LogP contribution in [-0.4, -0.2) is 36.7 Å². The van der Waals surface area contributed by atoms with Crippen molar-refractivity contribution in [2.45, 2.75) is 12.5 Å². The van der Waals surface area contributed by atoms with Crippen LogP contribution in [0.15, 0.2) is 0 Å². The molecule has 0 saturated carbocycles. The molecule has 0 unspecified atom stereocenters. The Kier molecular flexibility index (Phi) is 5.70. The zero-order chi connectivity index (χ0) is 8.74. The lowest BCUT2D eigenvalue weighted by Gasteiger charge is -2.23. The van der Waals surface area contributed by atoms with E-state index in [0.717, 1.165) is 19.0 Å². The summed E-state index contributed by atoms with van der Waals surface area (Å²) in [6, 6.07) is 0.847. The second-order valence-corrected chi connectivity index (χ2v) is 5.34. The molecule has 0 bridgehead atoms. The van der Waals surface area contributed by atoms with Gasteiger partial charge in [-0.25, -0.2) is 0 Å². The van der Waals surface area contributed by atoms with E-state index in [1.54, 1.807) is 21.3 Å². The molecule has 68 valence electrons. The van der Waals surface area contributed by atoms with Gasteiger partial charge in [-0.05, 0) is 0 Å². The van der Waals surface area contributed by atoms with Crippen molar-refractivity contribution in [3.8, 4) is 0 Å². The van der Waals surface area contributed by atoms with E-state index in [1.807, 2.05) is 0 Å². The molecule has 0 aromatic rings. The lowest BCUT2D eigenvalue weighted by Crippen LogP contribution is -2.52. The fourth-order valence-electron chi connectivity index (χ4n) is 0.898. The summed E-state index contributed by atoms with van der Waals surface area (Å²) >= 11 is 0. The van der Waals surface area contributed by atoms with Gasteiger partial charge in [0, 0.05) is 33.8 Å². The highest BCUT2D eigenvalue weighted by atomic mass is 28.4. The predicted octanol–water partition coefficient (Wildman–Crippen LogP) is -0.503. The molecule has 5 heteroatoms. The molecule has 0 aliphatic rings. The van der Waals surface area contributed by atoms with Gasteiger partial charge in [0.05, 0.1) is 6.54 Å². The summed E-state index contributed by atoms with van der Waals surface area (Å²) in [7, 11) is 2.60. The molecule has 0 aliphatic heterocycles. The van der Waals surface area contributed by atoms with Crippen LogP contribution in [0, 0.1) is 0 Å². The summed E-state index contributed by atoms with van der Waals surface area (Å²) in [4.78, 5) is 0. The van der Waals surface area contributed by atoms with E-state index in [-0.39, 0.29) is 0 Å². The third-order valence-corrected chi connectivity index (χ3v) is 4.50. The van der Waals surface area contributed by atoms with Gasteiger partial charge in [-0.3, -0.25) is 0 Å². The van der Waals surface area contributed by atoms with Crippen molar-refractivity contribution in [3.05, 3.63) is 0 Å². The van der Waals surface area contributed by atoms with Crippen LogP contribution in [0.25, 0.3) is 0 Å². The van der Waals surface area contributed by atoms with Crippen LogP contribution in [0.2, 0.25) is 6.04 Å². The third-order valence-electron chi connectivity index (χ3n) is 1.67.